The van der Waals surface area contributed by atoms with E-state index in [9.17, 15) is 0 Å². The number of benzene rings is 9. The molecule has 11 rings (SSSR count). The number of fused-ring (bicyclic) bond motifs is 9. The molecule has 0 atom stereocenters. The van der Waals surface area contributed by atoms with Gasteiger partial charge in [-0.3, -0.25) is 0 Å². The summed E-state index contributed by atoms with van der Waals surface area (Å²) in [5.74, 6) is 1.84. The molecule has 11 aromatic rings. The Hall–Kier alpha value is -7.17. The standard InChI is InChI=1S/C49H29N3O/c1-2-13-31(14-3-1)37-27-28-41(45-40-22-10-11-24-43(40)53-46(37)45)48-50-47(39-23-12-18-30-15-4-7-19-34(30)39)51-49(52-48)42-29-33-17-6-9-21-36(33)44-35-20-8-5-16-32(35)25-26-38(42)44/h1-29H. The van der Waals surface area contributed by atoms with Gasteiger partial charge in [-0.2, -0.15) is 0 Å². The van der Waals surface area contributed by atoms with Crippen LogP contribution in [0.2, 0.25) is 0 Å². The Morgan fingerprint density at radius 3 is 1.68 bits per heavy atom. The molecule has 0 aliphatic carbocycles. The topological polar surface area (TPSA) is 51.8 Å². The second kappa shape index (κ2) is 11.7. The van der Waals surface area contributed by atoms with Crippen LogP contribution in [0.5, 0.6) is 0 Å². The number of aromatic nitrogens is 3. The number of hydrogen-bond donors (Lipinski definition) is 0. The fraction of sp³-hybridized carbons (Fsp3) is 0. The molecule has 4 heteroatoms. The van der Waals surface area contributed by atoms with Crippen molar-refractivity contribution < 1.29 is 4.42 Å². The lowest BCUT2D eigenvalue weighted by molar-refractivity contribution is 0.670. The van der Waals surface area contributed by atoms with Gasteiger partial charge in [0.15, 0.2) is 17.5 Å². The van der Waals surface area contributed by atoms with E-state index < -0.39 is 0 Å². The molecule has 0 aliphatic heterocycles. The van der Waals surface area contributed by atoms with Gasteiger partial charge in [0.1, 0.15) is 11.2 Å². The molecule has 0 fully saturated rings. The van der Waals surface area contributed by atoms with Crippen molar-refractivity contribution >= 4 is 65.0 Å². The van der Waals surface area contributed by atoms with E-state index in [1.54, 1.807) is 0 Å². The zero-order valence-electron chi connectivity index (χ0n) is 28.5. The molecular formula is C49H29N3O. The number of para-hydroxylation sites is 1. The van der Waals surface area contributed by atoms with Crippen molar-refractivity contribution in [3.05, 3.63) is 176 Å². The molecule has 0 aliphatic rings. The highest BCUT2D eigenvalue weighted by Crippen LogP contribution is 2.43. The molecule has 0 amide bonds. The van der Waals surface area contributed by atoms with Gasteiger partial charge in [0.25, 0.3) is 0 Å². The quantitative estimate of drug-likeness (QED) is 0.174. The lowest BCUT2D eigenvalue weighted by Gasteiger charge is -2.15. The highest BCUT2D eigenvalue weighted by molar-refractivity contribution is 6.24. The van der Waals surface area contributed by atoms with Crippen LogP contribution in [0.15, 0.2) is 180 Å². The maximum absolute atomic E-state index is 6.66. The predicted octanol–water partition coefficient (Wildman–Crippen LogP) is 13.1. The third-order valence-electron chi connectivity index (χ3n) is 10.5. The SMILES string of the molecule is c1ccc(-c2ccc(-c3nc(-c4cccc5ccccc45)nc(-c4cc5ccccc5c5c4ccc4ccccc45)n3)c3c2oc2ccccc23)cc1. The molecule has 0 saturated carbocycles. The maximum atomic E-state index is 6.66. The molecular weight excluding hydrogens is 647 g/mol. The lowest BCUT2D eigenvalue weighted by atomic mass is 9.92. The Morgan fingerprint density at radius 1 is 0.321 bits per heavy atom. The number of furan rings is 1. The molecule has 2 heterocycles. The Balaban J connectivity index is 1.26. The highest BCUT2D eigenvalue weighted by atomic mass is 16.3. The zero-order valence-corrected chi connectivity index (χ0v) is 28.5. The van der Waals surface area contributed by atoms with Gasteiger partial charge in [-0.15, -0.1) is 0 Å². The van der Waals surface area contributed by atoms with Crippen LogP contribution in [0.4, 0.5) is 0 Å². The number of rotatable bonds is 4. The highest BCUT2D eigenvalue weighted by Gasteiger charge is 2.22. The van der Waals surface area contributed by atoms with Crippen molar-refractivity contribution in [1.82, 2.24) is 15.0 Å². The fourth-order valence-corrected chi connectivity index (χ4v) is 8.07. The van der Waals surface area contributed by atoms with Gasteiger partial charge in [0.2, 0.25) is 0 Å². The van der Waals surface area contributed by atoms with Crippen molar-refractivity contribution in [2.24, 2.45) is 0 Å². The Morgan fingerprint density at radius 2 is 0.887 bits per heavy atom. The minimum absolute atomic E-state index is 0.594. The van der Waals surface area contributed by atoms with Gasteiger partial charge >= 0.3 is 0 Å². The van der Waals surface area contributed by atoms with Crippen LogP contribution in [0, 0.1) is 0 Å². The third kappa shape index (κ3) is 4.66. The number of nitrogens with zero attached hydrogens (tertiary/aromatic N) is 3. The first kappa shape index (κ1) is 29.5. The molecule has 0 radical (unpaired) electrons. The minimum Gasteiger partial charge on any atom is -0.455 e. The van der Waals surface area contributed by atoms with Crippen LogP contribution in [-0.4, -0.2) is 15.0 Å². The molecule has 0 N–H and O–H groups in total. The van der Waals surface area contributed by atoms with Gasteiger partial charge < -0.3 is 4.42 Å². The van der Waals surface area contributed by atoms with Crippen LogP contribution < -0.4 is 0 Å². The van der Waals surface area contributed by atoms with Gasteiger partial charge in [-0.05, 0) is 72.9 Å². The van der Waals surface area contributed by atoms with Crippen molar-refractivity contribution in [3.8, 4) is 45.3 Å². The van der Waals surface area contributed by atoms with Gasteiger partial charge in [0.05, 0.1) is 0 Å². The third-order valence-corrected chi connectivity index (χ3v) is 10.5. The summed E-state index contributed by atoms with van der Waals surface area (Å²) in [6.45, 7) is 0. The summed E-state index contributed by atoms with van der Waals surface area (Å²) >= 11 is 0. The normalized spacial score (nSPS) is 11.8. The van der Waals surface area contributed by atoms with E-state index in [2.05, 4.69) is 158 Å². The Bertz CT molecular complexity index is 3220. The second-order valence-corrected chi connectivity index (χ2v) is 13.5. The van der Waals surface area contributed by atoms with Crippen molar-refractivity contribution in [3.63, 3.8) is 0 Å². The molecule has 53 heavy (non-hydrogen) atoms. The summed E-state index contributed by atoms with van der Waals surface area (Å²) in [4.78, 5) is 16.0. The smallest absolute Gasteiger partial charge is 0.164 e. The molecule has 0 saturated heterocycles. The van der Waals surface area contributed by atoms with Gasteiger partial charge in [-0.1, -0.05) is 152 Å². The van der Waals surface area contributed by atoms with Crippen molar-refractivity contribution in [2.75, 3.05) is 0 Å². The second-order valence-electron chi connectivity index (χ2n) is 13.5. The van der Waals surface area contributed by atoms with E-state index in [-0.39, 0.29) is 0 Å². The summed E-state index contributed by atoms with van der Waals surface area (Å²) in [7, 11) is 0. The van der Waals surface area contributed by atoms with Crippen LogP contribution >= 0.6 is 0 Å². The van der Waals surface area contributed by atoms with E-state index in [1.807, 2.05) is 18.2 Å². The van der Waals surface area contributed by atoms with Crippen molar-refractivity contribution in [1.29, 1.82) is 0 Å². The van der Waals surface area contributed by atoms with Crippen LogP contribution in [-0.2, 0) is 0 Å². The minimum atomic E-state index is 0.594. The molecule has 4 nitrogen and oxygen atoms in total. The summed E-state index contributed by atoms with van der Waals surface area (Å²) in [6.07, 6.45) is 0. The summed E-state index contributed by atoms with van der Waals surface area (Å²) < 4.78 is 6.66. The molecule has 0 spiro atoms. The monoisotopic (exact) mass is 675 g/mol. The number of hydrogen-bond acceptors (Lipinski definition) is 4. The zero-order chi connectivity index (χ0) is 34.9. The van der Waals surface area contributed by atoms with E-state index in [4.69, 9.17) is 19.4 Å². The first-order valence-corrected chi connectivity index (χ1v) is 17.9. The fourth-order valence-electron chi connectivity index (χ4n) is 8.07. The van der Waals surface area contributed by atoms with Crippen molar-refractivity contribution in [2.45, 2.75) is 0 Å². The van der Waals surface area contributed by atoms with Crippen LogP contribution in [0.3, 0.4) is 0 Å². The van der Waals surface area contributed by atoms with E-state index in [0.717, 1.165) is 71.3 Å². The predicted molar refractivity (Wildman–Crippen MR) is 219 cm³/mol. The van der Waals surface area contributed by atoms with E-state index in [0.29, 0.717) is 17.5 Å². The first-order valence-electron chi connectivity index (χ1n) is 17.9. The van der Waals surface area contributed by atoms with E-state index in [1.165, 1.54) is 21.5 Å². The molecule has 0 unspecified atom stereocenters. The molecule has 2 aromatic heterocycles. The summed E-state index contributed by atoms with van der Waals surface area (Å²) in [5, 5.41) is 11.3. The average Bonchev–Trinajstić information content (AvgIpc) is 3.62. The van der Waals surface area contributed by atoms with Gasteiger partial charge in [0, 0.05) is 33.0 Å². The Kier molecular flexibility index (Phi) is 6.52. The lowest BCUT2D eigenvalue weighted by Crippen LogP contribution is -2.01. The molecule has 0 bridgehead atoms. The largest absolute Gasteiger partial charge is 0.455 e. The van der Waals surface area contributed by atoms with E-state index >= 15 is 0 Å². The summed E-state index contributed by atoms with van der Waals surface area (Å²) in [5.41, 5.74) is 6.56. The van der Waals surface area contributed by atoms with Crippen LogP contribution in [0.1, 0.15) is 0 Å². The van der Waals surface area contributed by atoms with Crippen LogP contribution in [0.25, 0.3) is 110 Å². The first-order chi connectivity index (χ1) is 26.3. The summed E-state index contributed by atoms with van der Waals surface area (Å²) in [6, 6.07) is 61.5. The average molecular weight is 676 g/mol. The van der Waals surface area contributed by atoms with Gasteiger partial charge in [-0.25, -0.2) is 15.0 Å². The Labute approximate surface area is 304 Å². The maximum Gasteiger partial charge on any atom is 0.164 e. The molecule has 9 aromatic carbocycles. The molecule has 246 valence electrons.